The molecule has 3 aromatic rings. The van der Waals surface area contributed by atoms with Gasteiger partial charge in [-0.25, -0.2) is 19.9 Å². The number of hydrogen-bond donors (Lipinski definition) is 1. The average molecular weight is 411 g/mol. The van der Waals surface area contributed by atoms with Crippen LogP contribution in [0.25, 0.3) is 11.1 Å². The van der Waals surface area contributed by atoms with Gasteiger partial charge in [0.15, 0.2) is 11.3 Å². The fraction of sp³-hybridized carbons (Fsp3) is 0.250. The molecule has 0 amide bonds. The van der Waals surface area contributed by atoms with Crippen LogP contribution in [0.5, 0.6) is 11.5 Å². The Balaban J connectivity index is 1.69. The zero-order valence-corrected chi connectivity index (χ0v) is 17.5. The maximum atomic E-state index is 6.18. The summed E-state index contributed by atoms with van der Waals surface area (Å²) in [6.45, 7) is 6.41. The summed E-state index contributed by atoms with van der Waals surface area (Å²) in [6.07, 6.45) is 5.03. The highest BCUT2D eigenvalue weighted by molar-refractivity contribution is 5.77. The van der Waals surface area contributed by atoms with E-state index in [0.29, 0.717) is 22.9 Å². The molecule has 1 spiro atoms. The number of hydrogen-bond acceptors (Lipinski definition) is 7. The Morgan fingerprint density at radius 1 is 1.03 bits per heavy atom. The maximum Gasteiger partial charge on any atom is 0.283 e. The van der Waals surface area contributed by atoms with E-state index < -0.39 is 5.54 Å². The lowest BCUT2D eigenvalue weighted by Crippen LogP contribution is -2.32. The van der Waals surface area contributed by atoms with Gasteiger partial charge in [0.1, 0.15) is 30.1 Å². The molecule has 1 atom stereocenters. The minimum absolute atomic E-state index is 0.125. The molecule has 2 aliphatic heterocycles. The van der Waals surface area contributed by atoms with Crippen molar-refractivity contribution >= 4 is 6.02 Å². The number of aromatic nitrogens is 3. The lowest BCUT2D eigenvalue weighted by Gasteiger charge is -2.32. The highest BCUT2D eigenvalue weighted by Gasteiger charge is 2.48. The van der Waals surface area contributed by atoms with Gasteiger partial charge < -0.3 is 15.2 Å². The number of rotatable bonds is 1. The Morgan fingerprint density at radius 3 is 2.52 bits per heavy atom. The predicted molar refractivity (Wildman–Crippen MR) is 116 cm³/mol. The second-order valence-corrected chi connectivity index (χ2v) is 8.58. The molecule has 0 bridgehead atoms. The molecule has 0 fully saturated rings. The Kier molecular flexibility index (Phi) is 4.19. The van der Waals surface area contributed by atoms with Crippen LogP contribution in [-0.4, -0.2) is 27.6 Å². The summed E-state index contributed by atoms with van der Waals surface area (Å²) in [5, 5.41) is 0. The van der Waals surface area contributed by atoms with E-state index in [1.54, 1.807) is 12.4 Å². The summed E-state index contributed by atoms with van der Waals surface area (Å²) in [5.41, 5.74) is 8.87. The minimum atomic E-state index is -0.905. The van der Waals surface area contributed by atoms with Gasteiger partial charge in [-0.2, -0.15) is 0 Å². The SMILES string of the molecule is CC(C)(C)C#Cc1ccc2c(n1)[C@]1(COC(N)=N1)c1cc(-c3cncnc3)ccc1O2. The molecule has 0 radical (unpaired) electrons. The molecule has 0 saturated carbocycles. The van der Waals surface area contributed by atoms with Crippen LogP contribution in [0.1, 0.15) is 37.7 Å². The summed E-state index contributed by atoms with van der Waals surface area (Å²) < 4.78 is 11.8. The van der Waals surface area contributed by atoms with E-state index in [2.05, 4.69) is 42.6 Å². The van der Waals surface area contributed by atoms with Crippen molar-refractivity contribution in [2.75, 3.05) is 6.61 Å². The molecule has 7 heteroatoms. The van der Waals surface area contributed by atoms with Crippen molar-refractivity contribution in [3.8, 4) is 34.5 Å². The van der Waals surface area contributed by atoms with E-state index in [1.165, 1.54) is 6.33 Å². The first-order chi connectivity index (χ1) is 14.8. The normalized spacial score (nSPS) is 18.7. The van der Waals surface area contributed by atoms with Crippen molar-refractivity contribution in [2.45, 2.75) is 26.3 Å². The van der Waals surface area contributed by atoms with E-state index in [9.17, 15) is 0 Å². The van der Waals surface area contributed by atoms with Gasteiger partial charge in [-0.1, -0.05) is 12.0 Å². The fourth-order valence-electron chi connectivity index (χ4n) is 3.65. The highest BCUT2D eigenvalue weighted by Crippen LogP contribution is 2.50. The van der Waals surface area contributed by atoms with Gasteiger partial charge in [-0.05, 0) is 56.5 Å². The van der Waals surface area contributed by atoms with Crippen molar-refractivity contribution < 1.29 is 9.47 Å². The van der Waals surface area contributed by atoms with Gasteiger partial charge in [-0.3, -0.25) is 0 Å². The van der Waals surface area contributed by atoms with Crippen LogP contribution in [0.3, 0.4) is 0 Å². The number of pyridine rings is 1. The highest BCUT2D eigenvalue weighted by atomic mass is 16.5. The van der Waals surface area contributed by atoms with E-state index in [-0.39, 0.29) is 18.0 Å². The first-order valence-corrected chi connectivity index (χ1v) is 9.95. The number of amidine groups is 1. The van der Waals surface area contributed by atoms with Crippen molar-refractivity contribution in [3.63, 3.8) is 0 Å². The second kappa shape index (κ2) is 6.81. The zero-order valence-electron chi connectivity index (χ0n) is 17.5. The number of nitrogens with zero attached hydrogens (tertiary/aromatic N) is 4. The Morgan fingerprint density at radius 2 is 1.81 bits per heavy atom. The Hall–Kier alpha value is -3.92. The minimum Gasteiger partial charge on any atom is -0.462 e. The van der Waals surface area contributed by atoms with Crippen molar-refractivity contribution in [3.05, 3.63) is 66.0 Å². The van der Waals surface area contributed by atoms with Crippen LogP contribution in [0.15, 0.2) is 54.0 Å². The first-order valence-electron chi connectivity index (χ1n) is 9.95. The molecule has 2 aromatic heterocycles. The maximum absolute atomic E-state index is 6.18. The predicted octanol–water partition coefficient (Wildman–Crippen LogP) is 3.63. The molecule has 4 heterocycles. The molecular formula is C24H21N5O2. The van der Waals surface area contributed by atoms with E-state index in [1.807, 2.05) is 30.3 Å². The lowest BCUT2D eigenvalue weighted by molar-refractivity contribution is 0.260. The van der Waals surface area contributed by atoms with Crippen molar-refractivity contribution in [2.24, 2.45) is 16.1 Å². The summed E-state index contributed by atoms with van der Waals surface area (Å²) in [5.74, 6) is 7.69. The number of aliphatic imine (C=N–C) groups is 1. The van der Waals surface area contributed by atoms with Gasteiger partial charge >= 0.3 is 0 Å². The number of nitrogens with two attached hydrogens (primary N) is 1. The third kappa shape index (κ3) is 3.36. The van der Waals surface area contributed by atoms with Gasteiger partial charge in [0.2, 0.25) is 0 Å². The van der Waals surface area contributed by atoms with Crippen LogP contribution in [-0.2, 0) is 10.3 Å². The number of fused-ring (bicyclic) bond motifs is 4. The summed E-state index contributed by atoms with van der Waals surface area (Å²) in [7, 11) is 0. The van der Waals surface area contributed by atoms with Crippen molar-refractivity contribution in [1.29, 1.82) is 0 Å². The largest absolute Gasteiger partial charge is 0.462 e. The third-order valence-electron chi connectivity index (χ3n) is 5.08. The zero-order chi connectivity index (χ0) is 21.6. The molecule has 0 unspecified atom stereocenters. The standard InChI is InChI=1S/C24H21N5O2/c1-23(2,3)9-8-17-5-7-20-21(28-17)24(13-30-22(25)29-24)18-10-15(4-6-19(18)31-20)16-11-26-14-27-12-16/h4-7,10-12,14H,13H2,1-3H3,(H2,25,29)/t24-/m0/s1. The molecule has 2 aliphatic rings. The number of ether oxygens (including phenoxy) is 2. The third-order valence-corrected chi connectivity index (χ3v) is 5.08. The van der Waals surface area contributed by atoms with Gasteiger partial charge in [0.25, 0.3) is 6.02 Å². The Labute approximate surface area is 180 Å². The van der Waals surface area contributed by atoms with Gasteiger partial charge in [0.05, 0.1) is 0 Å². The van der Waals surface area contributed by atoms with Crippen LogP contribution in [0.4, 0.5) is 0 Å². The fourth-order valence-corrected chi connectivity index (χ4v) is 3.65. The molecule has 2 N–H and O–H groups in total. The second-order valence-electron chi connectivity index (χ2n) is 8.58. The molecule has 31 heavy (non-hydrogen) atoms. The van der Waals surface area contributed by atoms with Crippen molar-refractivity contribution in [1.82, 2.24) is 15.0 Å². The Bertz CT molecular complexity index is 1270. The summed E-state index contributed by atoms with van der Waals surface area (Å²) in [6, 6.07) is 9.75. The first kappa shape index (κ1) is 19.1. The van der Waals surface area contributed by atoms with Gasteiger partial charge in [0, 0.05) is 28.9 Å². The smallest absolute Gasteiger partial charge is 0.283 e. The molecule has 5 rings (SSSR count). The topological polar surface area (TPSA) is 95.5 Å². The van der Waals surface area contributed by atoms with Crippen LogP contribution >= 0.6 is 0 Å². The van der Waals surface area contributed by atoms with Gasteiger partial charge in [-0.15, -0.1) is 0 Å². The van der Waals surface area contributed by atoms with E-state index in [0.717, 1.165) is 16.7 Å². The van der Waals surface area contributed by atoms with E-state index in [4.69, 9.17) is 25.2 Å². The van der Waals surface area contributed by atoms with Crippen LogP contribution < -0.4 is 10.5 Å². The van der Waals surface area contributed by atoms with Crippen LogP contribution in [0.2, 0.25) is 0 Å². The molecule has 0 saturated heterocycles. The summed E-state index contributed by atoms with van der Waals surface area (Å²) in [4.78, 5) is 17.8. The average Bonchev–Trinajstić information content (AvgIpc) is 3.15. The molecule has 1 aromatic carbocycles. The quantitative estimate of drug-likeness (QED) is 0.615. The lowest BCUT2D eigenvalue weighted by atomic mass is 9.83. The number of benzene rings is 1. The molecule has 154 valence electrons. The monoisotopic (exact) mass is 411 g/mol. The molecular weight excluding hydrogens is 390 g/mol. The molecule has 7 nitrogen and oxygen atoms in total. The summed E-state index contributed by atoms with van der Waals surface area (Å²) >= 11 is 0. The van der Waals surface area contributed by atoms with Crippen LogP contribution in [0, 0.1) is 17.3 Å². The molecule has 0 aliphatic carbocycles. The van der Waals surface area contributed by atoms with E-state index >= 15 is 0 Å².